The van der Waals surface area contributed by atoms with E-state index in [0.717, 1.165) is 17.1 Å². The fraction of sp³-hybridized carbons (Fsp3) is 0.125. The lowest BCUT2D eigenvalue weighted by Crippen LogP contribution is -2.16. The smallest absolute Gasteiger partial charge is 0.0470 e. The maximum absolute atomic E-state index is 2.56. The van der Waals surface area contributed by atoms with Crippen molar-refractivity contribution in [1.82, 2.24) is 0 Å². The molecular formula is C80H59NS2. The van der Waals surface area contributed by atoms with E-state index in [9.17, 15) is 0 Å². The molecule has 2 heterocycles. The van der Waals surface area contributed by atoms with Crippen LogP contribution in [0.5, 0.6) is 0 Å². The molecule has 0 N–H and O–H groups in total. The maximum atomic E-state index is 2.56. The summed E-state index contributed by atoms with van der Waals surface area (Å²) in [5.41, 5.74) is 25.5. The average Bonchev–Trinajstić information content (AvgIpc) is 2.16. The molecule has 396 valence electrons. The Bertz CT molecular complexity index is 4850. The number of hydrogen-bond acceptors (Lipinski definition) is 3. The molecule has 3 heteroatoms. The fourth-order valence-corrected chi connectivity index (χ4v) is 17.5. The first-order valence-corrected chi connectivity index (χ1v) is 31.0. The van der Waals surface area contributed by atoms with Crippen LogP contribution in [0.1, 0.15) is 97.5 Å². The molecule has 0 radical (unpaired) electrons. The van der Waals surface area contributed by atoms with E-state index < -0.39 is 0 Å². The lowest BCUT2D eigenvalue weighted by molar-refractivity contribution is 0.660. The number of fused-ring (bicyclic) bond motifs is 16. The van der Waals surface area contributed by atoms with Crippen LogP contribution < -0.4 is 4.90 Å². The van der Waals surface area contributed by atoms with Crippen molar-refractivity contribution in [3.05, 3.63) is 293 Å². The quantitative estimate of drug-likeness (QED) is 0.144. The van der Waals surface area contributed by atoms with E-state index in [-0.39, 0.29) is 22.2 Å². The van der Waals surface area contributed by atoms with Crippen molar-refractivity contribution in [2.75, 3.05) is 4.90 Å². The molecule has 3 aliphatic rings. The van der Waals surface area contributed by atoms with Crippen LogP contribution in [0.4, 0.5) is 17.1 Å². The highest BCUT2D eigenvalue weighted by molar-refractivity contribution is 7.26. The van der Waals surface area contributed by atoms with Crippen LogP contribution in [0.2, 0.25) is 0 Å². The highest BCUT2D eigenvalue weighted by Gasteiger charge is 2.39. The minimum atomic E-state index is -0.126. The summed E-state index contributed by atoms with van der Waals surface area (Å²) in [4.78, 5) is 2.56. The van der Waals surface area contributed by atoms with Gasteiger partial charge in [0, 0.05) is 79.6 Å². The van der Waals surface area contributed by atoms with Crippen LogP contribution in [0.3, 0.4) is 0 Å². The zero-order chi connectivity index (χ0) is 55.7. The minimum absolute atomic E-state index is 0.113. The van der Waals surface area contributed by atoms with Crippen molar-refractivity contribution in [3.8, 4) is 44.5 Å². The number of benzene rings is 12. The van der Waals surface area contributed by atoms with Crippen LogP contribution >= 0.6 is 22.7 Å². The lowest BCUT2D eigenvalue weighted by Gasteiger charge is -2.30. The Labute approximate surface area is 493 Å². The van der Waals surface area contributed by atoms with Gasteiger partial charge in [0.05, 0.1) is 0 Å². The third-order valence-corrected chi connectivity index (χ3v) is 21.8. The second-order valence-corrected chi connectivity index (χ2v) is 27.4. The van der Waals surface area contributed by atoms with E-state index in [1.165, 1.54) is 146 Å². The molecule has 0 amide bonds. The van der Waals surface area contributed by atoms with E-state index >= 15 is 0 Å². The first kappa shape index (κ1) is 48.8. The number of rotatable bonds is 7. The SMILES string of the molecule is CC1(C)c2ccccc2-c2cc(C(c3cc(-c4ccc5cc6c(cc5c4)C(C)(C)c4ccccc4-6)cc(N(c4ccc5c(c4)-c4ccccc4C5(C)C)c4ccc5sc6ccccc6c5c4)c3)c3ccc4sc5ccccc5c4c3)ccc21. The molecule has 83 heavy (non-hydrogen) atoms. The Balaban J connectivity index is 0.947. The predicted molar refractivity (Wildman–Crippen MR) is 356 cm³/mol. The Morgan fingerprint density at radius 3 is 1.42 bits per heavy atom. The van der Waals surface area contributed by atoms with E-state index in [1.807, 2.05) is 22.7 Å². The molecule has 1 unspecified atom stereocenters. The number of nitrogens with zero attached hydrogens (tertiary/aromatic N) is 1. The largest absolute Gasteiger partial charge is 0.310 e. The van der Waals surface area contributed by atoms with Gasteiger partial charge in [0.25, 0.3) is 0 Å². The number of hydrogen-bond donors (Lipinski definition) is 0. The Kier molecular flexibility index (Phi) is 10.3. The summed E-state index contributed by atoms with van der Waals surface area (Å²) in [6, 6.07) is 93.8. The topological polar surface area (TPSA) is 3.24 Å². The molecular weight excluding hydrogens is 1040 g/mol. The monoisotopic (exact) mass is 1100 g/mol. The lowest BCUT2D eigenvalue weighted by atomic mass is 9.79. The van der Waals surface area contributed by atoms with Gasteiger partial charge in [-0.15, -0.1) is 22.7 Å². The normalized spacial score (nSPS) is 15.1. The summed E-state index contributed by atoms with van der Waals surface area (Å²) in [5, 5.41) is 7.70. The van der Waals surface area contributed by atoms with Gasteiger partial charge in [-0.3, -0.25) is 0 Å². The van der Waals surface area contributed by atoms with Crippen molar-refractivity contribution in [2.24, 2.45) is 0 Å². The maximum Gasteiger partial charge on any atom is 0.0470 e. The van der Waals surface area contributed by atoms with Gasteiger partial charge in [0.2, 0.25) is 0 Å². The van der Waals surface area contributed by atoms with Crippen molar-refractivity contribution < 1.29 is 0 Å². The second-order valence-electron chi connectivity index (χ2n) is 25.2. The van der Waals surface area contributed by atoms with E-state index in [4.69, 9.17) is 0 Å². The Morgan fingerprint density at radius 1 is 0.277 bits per heavy atom. The molecule has 0 aliphatic heterocycles. The molecule has 3 aliphatic carbocycles. The molecule has 0 bridgehead atoms. The van der Waals surface area contributed by atoms with Gasteiger partial charge < -0.3 is 4.90 Å². The van der Waals surface area contributed by atoms with Gasteiger partial charge in [-0.2, -0.15) is 0 Å². The first-order chi connectivity index (χ1) is 40.4. The molecule has 0 fully saturated rings. The number of anilines is 3. The van der Waals surface area contributed by atoms with Gasteiger partial charge in [-0.05, 0) is 196 Å². The first-order valence-electron chi connectivity index (χ1n) is 29.3. The average molecular weight is 1100 g/mol. The molecule has 0 spiro atoms. The zero-order valence-electron chi connectivity index (χ0n) is 47.4. The summed E-state index contributed by atoms with van der Waals surface area (Å²) in [6.45, 7) is 14.3. The van der Waals surface area contributed by atoms with Crippen molar-refractivity contribution in [2.45, 2.75) is 63.7 Å². The second kappa shape index (κ2) is 17.6. The van der Waals surface area contributed by atoms with Gasteiger partial charge in [-0.1, -0.05) is 193 Å². The molecule has 0 saturated carbocycles. The van der Waals surface area contributed by atoms with Crippen LogP contribution in [0.25, 0.3) is 95.6 Å². The molecule has 12 aromatic carbocycles. The minimum Gasteiger partial charge on any atom is -0.310 e. The van der Waals surface area contributed by atoms with E-state index in [1.54, 1.807) is 0 Å². The van der Waals surface area contributed by atoms with E-state index in [2.05, 4.69) is 289 Å². The zero-order valence-corrected chi connectivity index (χ0v) is 49.1. The van der Waals surface area contributed by atoms with E-state index in [0.29, 0.717) is 0 Å². The summed E-state index contributed by atoms with van der Waals surface area (Å²) < 4.78 is 5.23. The van der Waals surface area contributed by atoms with Crippen molar-refractivity contribution in [3.63, 3.8) is 0 Å². The summed E-state index contributed by atoms with van der Waals surface area (Å²) in [5.74, 6) is -0.126. The summed E-state index contributed by atoms with van der Waals surface area (Å²) in [7, 11) is 0. The molecule has 1 atom stereocenters. The summed E-state index contributed by atoms with van der Waals surface area (Å²) >= 11 is 3.76. The number of thiophene rings is 2. The van der Waals surface area contributed by atoms with Gasteiger partial charge in [-0.25, -0.2) is 0 Å². The fourth-order valence-electron chi connectivity index (χ4n) is 15.3. The van der Waals surface area contributed by atoms with Gasteiger partial charge in [0.15, 0.2) is 0 Å². The summed E-state index contributed by atoms with van der Waals surface area (Å²) in [6.07, 6.45) is 0. The third kappa shape index (κ3) is 7.17. The van der Waals surface area contributed by atoms with Crippen LogP contribution in [-0.4, -0.2) is 0 Å². The van der Waals surface area contributed by atoms with Crippen LogP contribution in [-0.2, 0) is 16.2 Å². The van der Waals surface area contributed by atoms with Gasteiger partial charge >= 0.3 is 0 Å². The van der Waals surface area contributed by atoms with Crippen LogP contribution in [0, 0.1) is 0 Å². The molecule has 1 nitrogen and oxygen atoms in total. The molecule has 0 saturated heterocycles. The highest BCUT2D eigenvalue weighted by Crippen LogP contribution is 2.55. The predicted octanol–water partition coefficient (Wildman–Crippen LogP) is 22.8. The Morgan fingerprint density at radius 2 is 0.759 bits per heavy atom. The standard InChI is InChI=1S/C80H59NS2/c1-78(2)67-22-12-7-17-57(67)62-42-49(29-33-70(62)78)77(50-30-35-75-65(43-50)60-20-10-15-25-73(60)82-75)53-38-51(47-27-28-48-41-63-58-18-8-14-24-69(58)80(5,6)72(63)44-52(48)37-47)39-56(40-53)81(55-32-36-76-66(46-55)61-21-11-16-26-74(61)83-76)54-31-34-71-64(45-54)59-19-9-13-23-68(59)79(71,3)4/h7-46,77H,1-6H3. The Hall–Kier alpha value is -8.86. The molecule has 14 aromatic rings. The molecule has 17 rings (SSSR count). The van der Waals surface area contributed by atoms with Crippen molar-refractivity contribution in [1.29, 1.82) is 0 Å². The van der Waals surface area contributed by atoms with Crippen molar-refractivity contribution >= 4 is 90.9 Å². The van der Waals surface area contributed by atoms with Crippen LogP contribution in [0.15, 0.2) is 243 Å². The third-order valence-electron chi connectivity index (χ3n) is 19.5. The highest BCUT2D eigenvalue weighted by atomic mass is 32.1. The van der Waals surface area contributed by atoms with Gasteiger partial charge in [0.1, 0.15) is 0 Å². The molecule has 2 aromatic heterocycles.